The molecule has 0 aromatic carbocycles. The minimum atomic E-state index is -0.0563. The Balaban J connectivity index is 3.80. The highest BCUT2D eigenvalue weighted by molar-refractivity contribution is 5.76. The zero-order chi connectivity index (χ0) is 12.6. The van der Waals surface area contributed by atoms with Gasteiger partial charge in [0.05, 0.1) is 0 Å². The Bertz CT molecular complexity index is 205. The molecule has 0 aromatic rings. The Morgan fingerprint density at radius 3 is 2.62 bits per heavy atom. The van der Waals surface area contributed by atoms with Gasteiger partial charge in [-0.05, 0) is 18.3 Å². The highest BCUT2D eigenvalue weighted by atomic mass is 16.3. The van der Waals surface area contributed by atoms with Gasteiger partial charge >= 0.3 is 0 Å². The number of aliphatic hydroxyl groups excluding tert-OH is 1. The van der Waals surface area contributed by atoms with Gasteiger partial charge in [0.15, 0.2) is 0 Å². The number of nitrogens with two attached hydrogens (primary N) is 1. The molecule has 0 heterocycles. The van der Waals surface area contributed by atoms with Crippen molar-refractivity contribution in [3.63, 3.8) is 0 Å². The van der Waals surface area contributed by atoms with E-state index in [9.17, 15) is 4.79 Å². The summed E-state index contributed by atoms with van der Waals surface area (Å²) in [4.78, 5) is 11.5. The van der Waals surface area contributed by atoms with E-state index in [1.807, 2.05) is 13.8 Å². The molecular formula is C12H26N2O2. The summed E-state index contributed by atoms with van der Waals surface area (Å²) >= 11 is 0. The average Bonchev–Trinajstić information content (AvgIpc) is 2.15. The number of rotatable bonds is 8. The standard InChI is InChI=1S/C12H26N2O2/c1-4-5-10(13)8-11(16)14-9-12(2,3)6-7-15/h10,15H,4-9,13H2,1-3H3,(H,14,16). The molecule has 0 saturated heterocycles. The SMILES string of the molecule is CCCC(N)CC(=O)NCC(C)(C)CCO. The number of carbonyl (C=O) groups is 1. The maximum absolute atomic E-state index is 11.5. The summed E-state index contributed by atoms with van der Waals surface area (Å²) in [6.45, 7) is 6.84. The molecule has 1 unspecified atom stereocenters. The van der Waals surface area contributed by atoms with E-state index in [0.29, 0.717) is 19.4 Å². The molecule has 0 spiro atoms. The molecule has 0 rings (SSSR count). The molecule has 4 N–H and O–H groups in total. The second kappa shape index (κ2) is 7.63. The van der Waals surface area contributed by atoms with Gasteiger partial charge < -0.3 is 16.2 Å². The van der Waals surface area contributed by atoms with Crippen LogP contribution in [0, 0.1) is 5.41 Å². The van der Waals surface area contributed by atoms with Crippen molar-refractivity contribution in [2.75, 3.05) is 13.2 Å². The second-order valence-electron chi connectivity index (χ2n) is 5.17. The minimum Gasteiger partial charge on any atom is -0.396 e. The van der Waals surface area contributed by atoms with Crippen LogP contribution < -0.4 is 11.1 Å². The lowest BCUT2D eigenvalue weighted by molar-refractivity contribution is -0.121. The van der Waals surface area contributed by atoms with Gasteiger partial charge in [-0.15, -0.1) is 0 Å². The molecule has 0 saturated carbocycles. The summed E-state index contributed by atoms with van der Waals surface area (Å²) in [7, 11) is 0. The fraction of sp³-hybridized carbons (Fsp3) is 0.917. The summed E-state index contributed by atoms with van der Waals surface area (Å²) in [5.41, 5.74) is 5.73. The molecule has 96 valence electrons. The topological polar surface area (TPSA) is 75.4 Å². The van der Waals surface area contributed by atoms with Crippen molar-refractivity contribution in [2.24, 2.45) is 11.1 Å². The van der Waals surface area contributed by atoms with Crippen LogP contribution in [0.15, 0.2) is 0 Å². The molecule has 0 aliphatic rings. The number of hydrogen-bond donors (Lipinski definition) is 3. The first-order chi connectivity index (χ1) is 7.41. The summed E-state index contributed by atoms with van der Waals surface area (Å²) in [6, 6.07) is -0.0362. The van der Waals surface area contributed by atoms with E-state index in [1.165, 1.54) is 0 Å². The van der Waals surface area contributed by atoms with E-state index in [1.54, 1.807) is 0 Å². The summed E-state index contributed by atoms with van der Waals surface area (Å²) < 4.78 is 0. The van der Waals surface area contributed by atoms with Crippen LogP contribution in [0.1, 0.15) is 46.5 Å². The van der Waals surface area contributed by atoms with Crippen molar-refractivity contribution in [3.05, 3.63) is 0 Å². The van der Waals surface area contributed by atoms with Crippen LogP contribution >= 0.6 is 0 Å². The lowest BCUT2D eigenvalue weighted by Crippen LogP contribution is -2.37. The van der Waals surface area contributed by atoms with Crippen molar-refractivity contribution >= 4 is 5.91 Å². The first-order valence-electron chi connectivity index (χ1n) is 6.04. The van der Waals surface area contributed by atoms with Gasteiger partial charge in [0.1, 0.15) is 0 Å². The number of hydrogen-bond acceptors (Lipinski definition) is 3. The number of aliphatic hydroxyl groups is 1. The first kappa shape index (κ1) is 15.4. The molecule has 4 heteroatoms. The second-order valence-corrected chi connectivity index (χ2v) is 5.17. The smallest absolute Gasteiger partial charge is 0.221 e. The van der Waals surface area contributed by atoms with Gasteiger partial charge in [-0.2, -0.15) is 0 Å². The lowest BCUT2D eigenvalue weighted by atomic mass is 9.89. The van der Waals surface area contributed by atoms with Crippen LogP contribution in [-0.4, -0.2) is 30.2 Å². The van der Waals surface area contributed by atoms with Gasteiger partial charge in [0.2, 0.25) is 5.91 Å². The van der Waals surface area contributed by atoms with E-state index in [4.69, 9.17) is 10.8 Å². The van der Waals surface area contributed by atoms with Crippen molar-refractivity contribution in [1.82, 2.24) is 5.32 Å². The van der Waals surface area contributed by atoms with Crippen LogP contribution in [-0.2, 0) is 4.79 Å². The third-order valence-electron chi connectivity index (χ3n) is 2.66. The Hall–Kier alpha value is -0.610. The van der Waals surface area contributed by atoms with Gasteiger partial charge in [0.25, 0.3) is 0 Å². The molecule has 1 amide bonds. The summed E-state index contributed by atoms with van der Waals surface area (Å²) in [5.74, 6) is 0.00645. The molecular weight excluding hydrogens is 204 g/mol. The largest absolute Gasteiger partial charge is 0.396 e. The molecule has 0 aliphatic heterocycles. The normalized spacial score (nSPS) is 13.6. The predicted molar refractivity (Wildman–Crippen MR) is 66.0 cm³/mol. The van der Waals surface area contributed by atoms with E-state index in [0.717, 1.165) is 12.8 Å². The summed E-state index contributed by atoms with van der Waals surface area (Å²) in [5, 5.41) is 11.7. The zero-order valence-electron chi connectivity index (χ0n) is 10.8. The fourth-order valence-electron chi connectivity index (χ4n) is 1.51. The van der Waals surface area contributed by atoms with E-state index >= 15 is 0 Å². The molecule has 0 bridgehead atoms. The summed E-state index contributed by atoms with van der Waals surface area (Å²) in [6.07, 6.45) is 2.97. The van der Waals surface area contributed by atoms with E-state index in [2.05, 4.69) is 12.2 Å². The van der Waals surface area contributed by atoms with Crippen molar-refractivity contribution < 1.29 is 9.90 Å². The highest BCUT2D eigenvalue weighted by Crippen LogP contribution is 2.17. The van der Waals surface area contributed by atoms with Gasteiger partial charge in [-0.3, -0.25) is 4.79 Å². The van der Waals surface area contributed by atoms with Crippen molar-refractivity contribution in [1.29, 1.82) is 0 Å². The maximum Gasteiger partial charge on any atom is 0.221 e. The number of carbonyl (C=O) groups excluding carboxylic acids is 1. The average molecular weight is 230 g/mol. The number of amides is 1. The monoisotopic (exact) mass is 230 g/mol. The molecule has 0 fully saturated rings. The van der Waals surface area contributed by atoms with Crippen LogP contribution in [0.3, 0.4) is 0 Å². The molecule has 0 aliphatic carbocycles. The third-order valence-corrected chi connectivity index (χ3v) is 2.66. The molecule has 16 heavy (non-hydrogen) atoms. The third kappa shape index (κ3) is 7.65. The van der Waals surface area contributed by atoms with Crippen molar-refractivity contribution in [2.45, 2.75) is 52.5 Å². The number of nitrogens with one attached hydrogen (secondary N) is 1. The highest BCUT2D eigenvalue weighted by Gasteiger charge is 2.18. The van der Waals surface area contributed by atoms with Crippen LogP contribution in [0.25, 0.3) is 0 Å². The lowest BCUT2D eigenvalue weighted by Gasteiger charge is -2.24. The van der Waals surface area contributed by atoms with Gasteiger partial charge in [0, 0.05) is 25.6 Å². The quantitative estimate of drug-likeness (QED) is 0.583. The van der Waals surface area contributed by atoms with E-state index < -0.39 is 0 Å². The van der Waals surface area contributed by atoms with Crippen LogP contribution in [0.5, 0.6) is 0 Å². The Morgan fingerprint density at radius 1 is 1.50 bits per heavy atom. The Morgan fingerprint density at radius 2 is 2.12 bits per heavy atom. The molecule has 4 nitrogen and oxygen atoms in total. The Labute approximate surface area is 98.6 Å². The predicted octanol–water partition coefficient (Wildman–Crippen LogP) is 1.03. The minimum absolute atomic E-state index is 0.00645. The molecule has 0 aromatic heterocycles. The first-order valence-corrected chi connectivity index (χ1v) is 6.04. The fourth-order valence-corrected chi connectivity index (χ4v) is 1.51. The zero-order valence-corrected chi connectivity index (χ0v) is 10.8. The molecule has 0 radical (unpaired) electrons. The van der Waals surface area contributed by atoms with Crippen LogP contribution in [0.2, 0.25) is 0 Å². The van der Waals surface area contributed by atoms with Gasteiger partial charge in [-0.25, -0.2) is 0 Å². The van der Waals surface area contributed by atoms with Crippen molar-refractivity contribution in [3.8, 4) is 0 Å². The maximum atomic E-state index is 11.5. The Kier molecular flexibility index (Phi) is 7.34. The van der Waals surface area contributed by atoms with E-state index in [-0.39, 0.29) is 24.0 Å². The molecule has 1 atom stereocenters. The van der Waals surface area contributed by atoms with Gasteiger partial charge in [-0.1, -0.05) is 27.2 Å². The van der Waals surface area contributed by atoms with Crippen LogP contribution in [0.4, 0.5) is 0 Å².